The Morgan fingerprint density at radius 2 is 1.78 bits per heavy atom. The van der Waals surface area contributed by atoms with Crippen molar-refractivity contribution in [1.29, 1.82) is 0 Å². The number of hydrogen-bond acceptors (Lipinski definition) is 5. The predicted octanol–water partition coefficient (Wildman–Crippen LogP) is 3.01. The van der Waals surface area contributed by atoms with E-state index in [1.807, 2.05) is 30.3 Å². The predicted molar refractivity (Wildman–Crippen MR) is 117 cm³/mol. The lowest BCUT2D eigenvalue weighted by Crippen LogP contribution is -2.49. The zero-order chi connectivity index (χ0) is 23.0. The minimum absolute atomic E-state index is 0.174. The molecule has 1 saturated heterocycles. The summed E-state index contributed by atoms with van der Waals surface area (Å²) in [7, 11) is 0. The maximum Gasteiger partial charge on any atom is 0.326 e. The molecule has 2 atom stereocenters. The molecule has 0 radical (unpaired) electrons. The van der Waals surface area contributed by atoms with Crippen LogP contribution >= 0.6 is 0 Å². The van der Waals surface area contributed by atoms with E-state index in [0.29, 0.717) is 23.0 Å². The third kappa shape index (κ3) is 3.77. The van der Waals surface area contributed by atoms with Crippen LogP contribution in [0.3, 0.4) is 0 Å². The fourth-order valence-electron chi connectivity index (χ4n) is 3.91. The second kappa shape index (κ2) is 8.18. The van der Waals surface area contributed by atoms with Crippen molar-refractivity contribution in [3.8, 4) is 11.5 Å². The number of carbonyl (C=O) groups is 3. The topological polar surface area (TPSA) is 97.0 Å². The molecule has 2 heterocycles. The Hall–Kier alpha value is -3.55. The van der Waals surface area contributed by atoms with E-state index in [2.05, 4.69) is 24.5 Å². The number of imide groups is 1. The Bertz CT molecular complexity index is 1070. The van der Waals surface area contributed by atoms with Gasteiger partial charge in [0.15, 0.2) is 11.5 Å². The third-order valence-electron chi connectivity index (χ3n) is 6.05. The van der Waals surface area contributed by atoms with E-state index >= 15 is 0 Å². The molecule has 8 heteroatoms. The summed E-state index contributed by atoms with van der Waals surface area (Å²) >= 11 is 0. The van der Waals surface area contributed by atoms with Crippen LogP contribution in [0.1, 0.15) is 50.3 Å². The largest absolute Gasteiger partial charge is 0.454 e. The van der Waals surface area contributed by atoms with Crippen LogP contribution < -0.4 is 20.1 Å². The second-order valence-corrected chi connectivity index (χ2v) is 8.59. The highest BCUT2D eigenvalue weighted by molar-refractivity contribution is 6.09. The summed E-state index contributed by atoms with van der Waals surface area (Å²) in [5.74, 6) is 0.762. The summed E-state index contributed by atoms with van der Waals surface area (Å²) in [5.41, 5.74) is 1.42. The Morgan fingerprint density at radius 1 is 1.09 bits per heavy atom. The Morgan fingerprint density at radius 3 is 2.47 bits per heavy atom. The quantitative estimate of drug-likeness (QED) is 0.677. The van der Waals surface area contributed by atoms with Crippen LogP contribution in [0.5, 0.6) is 11.5 Å². The van der Waals surface area contributed by atoms with Gasteiger partial charge in [0.25, 0.3) is 5.91 Å². The first kappa shape index (κ1) is 21.7. The Labute approximate surface area is 186 Å². The number of nitrogens with one attached hydrogen (secondary N) is 2. The Balaban J connectivity index is 1.44. The molecular formula is C24H27N3O5. The van der Waals surface area contributed by atoms with Crippen LogP contribution in [0.25, 0.3) is 0 Å². The lowest BCUT2D eigenvalue weighted by molar-refractivity contribution is -0.137. The number of urea groups is 1. The van der Waals surface area contributed by atoms with Crippen LogP contribution in [0.15, 0.2) is 42.5 Å². The number of carbonyl (C=O) groups excluding carboxylic acids is 3. The zero-order valence-corrected chi connectivity index (χ0v) is 18.6. The Kier molecular flexibility index (Phi) is 5.54. The van der Waals surface area contributed by atoms with Gasteiger partial charge in [-0.1, -0.05) is 44.2 Å². The molecular weight excluding hydrogens is 410 g/mol. The maximum atomic E-state index is 13.2. The van der Waals surface area contributed by atoms with Crippen LogP contribution in [0.4, 0.5) is 4.79 Å². The standard InChI is InChI=1S/C24H27N3O5/c1-14(2)17-6-8-18(9-7-17)24(4)22(29)27(23(30)26-24)15(3)21(28)25-12-16-5-10-19-20(11-16)32-13-31-19/h5-11,14-15H,12-13H2,1-4H3,(H,25,28)(H,26,30)/t15-,24+/m0/s1. The van der Waals surface area contributed by atoms with E-state index < -0.39 is 29.4 Å². The molecule has 0 aromatic heterocycles. The third-order valence-corrected chi connectivity index (χ3v) is 6.05. The monoisotopic (exact) mass is 437 g/mol. The van der Waals surface area contributed by atoms with Crippen molar-refractivity contribution in [3.05, 3.63) is 59.2 Å². The van der Waals surface area contributed by atoms with Crippen molar-refractivity contribution in [2.24, 2.45) is 0 Å². The van der Waals surface area contributed by atoms with Gasteiger partial charge in [0.05, 0.1) is 0 Å². The van der Waals surface area contributed by atoms with Gasteiger partial charge in [0.2, 0.25) is 12.7 Å². The van der Waals surface area contributed by atoms with E-state index in [0.717, 1.165) is 16.0 Å². The molecule has 0 saturated carbocycles. The van der Waals surface area contributed by atoms with Gasteiger partial charge in [0, 0.05) is 6.54 Å². The van der Waals surface area contributed by atoms with Gasteiger partial charge in [-0.2, -0.15) is 0 Å². The molecule has 168 valence electrons. The second-order valence-electron chi connectivity index (χ2n) is 8.59. The number of fused-ring (bicyclic) bond motifs is 1. The lowest BCUT2D eigenvalue weighted by Gasteiger charge is -2.25. The van der Waals surface area contributed by atoms with Crippen molar-refractivity contribution in [1.82, 2.24) is 15.5 Å². The van der Waals surface area contributed by atoms with Gasteiger partial charge in [-0.05, 0) is 48.6 Å². The number of hydrogen-bond donors (Lipinski definition) is 2. The van der Waals surface area contributed by atoms with Gasteiger partial charge in [-0.3, -0.25) is 9.59 Å². The highest BCUT2D eigenvalue weighted by Crippen LogP contribution is 2.33. The summed E-state index contributed by atoms with van der Waals surface area (Å²) < 4.78 is 10.6. The normalized spacial score (nSPS) is 20.5. The molecule has 0 unspecified atom stereocenters. The van der Waals surface area contributed by atoms with E-state index in [1.165, 1.54) is 0 Å². The number of benzene rings is 2. The number of ether oxygens (including phenoxy) is 2. The maximum absolute atomic E-state index is 13.2. The lowest BCUT2D eigenvalue weighted by atomic mass is 9.90. The fourth-order valence-corrected chi connectivity index (χ4v) is 3.91. The molecule has 0 aliphatic carbocycles. The summed E-state index contributed by atoms with van der Waals surface area (Å²) in [6, 6.07) is 11.4. The first-order valence-electron chi connectivity index (χ1n) is 10.6. The fraction of sp³-hybridized carbons (Fsp3) is 0.375. The molecule has 0 spiro atoms. The molecule has 4 amide bonds. The summed E-state index contributed by atoms with van der Waals surface area (Å²) in [4.78, 5) is 39.7. The average molecular weight is 437 g/mol. The molecule has 2 aromatic rings. The highest BCUT2D eigenvalue weighted by Gasteiger charge is 2.51. The van der Waals surface area contributed by atoms with E-state index in [1.54, 1.807) is 26.0 Å². The molecule has 32 heavy (non-hydrogen) atoms. The highest BCUT2D eigenvalue weighted by atomic mass is 16.7. The van der Waals surface area contributed by atoms with Gasteiger partial charge in [0.1, 0.15) is 11.6 Å². The minimum Gasteiger partial charge on any atom is -0.454 e. The minimum atomic E-state index is -1.22. The first-order valence-corrected chi connectivity index (χ1v) is 10.6. The van der Waals surface area contributed by atoms with E-state index in [9.17, 15) is 14.4 Å². The van der Waals surface area contributed by atoms with Crippen molar-refractivity contribution >= 4 is 17.8 Å². The first-order chi connectivity index (χ1) is 15.2. The number of nitrogens with zero attached hydrogens (tertiary/aromatic N) is 1. The molecule has 2 aromatic carbocycles. The smallest absolute Gasteiger partial charge is 0.326 e. The number of amides is 4. The van der Waals surface area contributed by atoms with E-state index in [-0.39, 0.29) is 13.3 Å². The van der Waals surface area contributed by atoms with E-state index in [4.69, 9.17) is 9.47 Å². The summed E-state index contributed by atoms with van der Waals surface area (Å²) in [6.07, 6.45) is 0. The van der Waals surface area contributed by atoms with Crippen LogP contribution in [0, 0.1) is 0 Å². The average Bonchev–Trinajstić information content (AvgIpc) is 3.33. The molecule has 1 fully saturated rings. The molecule has 2 aliphatic heterocycles. The summed E-state index contributed by atoms with van der Waals surface area (Å²) in [6.45, 7) is 7.79. The molecule has 2 aliphatic rings. The molecule has 2 N–H and O–H groups in total. The van der Waals surface area contributed by atoms with Crippen molar-refractivity contribution < 1.29 is 23.9 Å². The molecule has 0 bridgehead atoms. The van der Waals surface area contributed by atoms with Crippen molar-refractivity contribution in [2.45, 2.75) is 51.7 Å². The van der Waals surface area contributed by atoms with Gasteiger partial charge in [-0.15, -0.1) is 0 Å². The van der Waals surface area contributed by atoms with Crippen molar-refractivity contribution in [2.75, 3.05) is 6.79 Å². The SMILES string of the molecule is CC(C)c1ccc([C@@]2(C)NC(=O)N([C@@H](C)C(=O)NCc3ccc4c(c3)OCO4)C2=O)cc1. The van der Waals surface area contributed by atoms with Crippen LogP contribution in [-0.2, 0) is 21.7 Å². The van der Waals surface area contributed by atoms with Crippen LogP contribution in [-0.4, -0.2) is 35.6 Å². The number of rotatable bonds is 6. The van der Waals surface area contributed by atoms with Gasteiger partial charge in [-0.25, -0.2) is 9.69 Å². The summed E-state index contributed by atoms with van der Waals surface area (Å²) in [5, 5.41) is 5.55. The van der Waals surface area contributed by atoms with Gasteiger partial charge >= 0.3 is 6.03 Å². The van der Waals surface area contributed by atoms with Gasteiger partial charge < -0.3 is 20.1 Å². The molecule has 8 nitrogen and oxygen atoms in total. The van der Waals surface area contributed by atoms with Crippen molar-refractivity contribution in [3.63, 3.8) is 0 Å². The van der Waals surface area contributed by atoms with Crippen LogP contribution in [0.2, 0.25) is 0 Å². The molecule has 4 rings (SSSR count). The zero-order valence-electron chi connectivity index (χ0n) is 18.6.